The van der Waals surface area contributed by atoms with E-state index in [0.29, 0.717) is 41.5 Å². The molecule has 0 aliphatic carbocycles. The average molecular weight is 695 g/mol. The minimum absolute atomic E-state index is 0.0626. The number of aryl methyl sites for hydroxylation is 4. The monoisotopic (exact) mass is 694 g/mol. The van der Waals surface area contributed by atoms with Gasteiger partial charge in [0, 0.05) is 56.0 Å². The zero-order valence-corrected chi connectivity index (χ0v) is 31.7. The normalized spacial score (nSPS) is 11.9. The number of nitrogens with one attached hydrogen (secondary N) is 2. The van der Waals surface area contributed by atoms with Gasteiger partial charge in [-0.25, -0.2) is 0 Å². The van der Waals surface area contributed by atoms with E-state index in [1.54, 1.807) is 6.92 Å². The van der Waals surface area contributed by atoms with Crippen molar-refractivity contribution in [3.8, 4) is 0 Å². The van der Waals surface area contributed by atoms with E-state index < -0.39 is 7.92 Å². The number of carbonyl (C=O) groups is 5. The minimum atomic E-state index is -1.50. The lowest BCUT2D eigenvalue weighted by molar-refractivity contribution is -0.117. The first-order valence-corrected chi connectivity index (χ1v) is 18.9. The van der Waals surface area contributed by atoms with E-state index in [-0.39, 0.29) is 28.9 Å². The Hall–Kier alpha value is -4.48. The van der Waals surface area contributed by atoms with E-state index in [0.717, 1.165) is 64.4 Å². The lowest BCUT2D eigenvalue weighted by Crippen LogP contribution is -2.22. The molecule has 1 atom stereocenters. The van der Waals surface area contributed by atoms with E-state index in [1.165, 1.54) is 24.3 Å². The van der Waals surface area contributed by atoms with Crippen LogP contribution in [0.1, 0.15) is 110 Å². The van der Waals surface area contributed by atoms with Crippen LogP contribution < -0.4 is 15.9 Å². The molecular formula is C42H51N2O5P. The first kappa shape index (κ1) is 40.0. The number of benzene rings is 3. The second kappa shape index (κ2) is 19.1. The number of rotatable bonds is 17. The zero-order chi connectivity index (χ0) is 37.0. The molecule has 0 fully saturated rings. The standard InChI is InChI=1S/C42H51N2O5P/c1-9-11-22-43-37(47)20-18-35(45)39-28(4)24-27(3)34(31(39)7)26-50(33-16-14-13-15-17-33)42(49)41-30(6)25-29(5)40(32(41)8)36(46)19-21-38(48)44-23-12-10-2/h13-21,24-25H,9-12,22-23,26H2,1-8H3,(H,43,47)(H,44,48)/b20-18-,21-19-. The van der Waals surface area contributed by atoms with Crippen LogP contribution in [-0.2, 0) is 15.8 Å². The minimum Gasteiger partial charge on any atom is -0.353 e. The molecule has 0 aliphatic heterocycles. The van der Waals surface area contributed by atoms with Crippen LogP contribution in [0.2, 0.25) is 0 Å². The molecule has 3 aromatic carbocycles. The maximum absolute atomic E-state index is 14.8. The number of unbranched alkanes of at least 4 members (excludes halogenated alkanes) is 2. The highest BCUT2D eigenvalue weighted by molar-refractivity contribution is 7.81. The number of hydrogen-bond acceptors (Lipinski definition) is 5. The third-order valence-electron chi connectivity index (χ3n) is 8.87. The average Bonchev–Trinajstić information content (AvgIpc) is 3.06. The van der Waals surface area contributed by atoms with Crippen molar-refractivity contribution < 1.29 is 24.0 Å². The van der Waals surface area contributed by atoms with Gasteiger partial charge < -0.3 is 10.6 Å². The highest BCUT2D eigenvalue weighted by Crippen LogP contribution is 2.46. The molecule has 0 aliphatic rings. The van der Waals surface area contributed by atoms with Crippen molar-refractivity contribution in [1.82, 2.24) is 10.6 Å². The molecule has 8 heteroatoms. The van der Waals surface area contributed by atoms with Crippen molar-refractivity contribution in [3.63, 3.8) is 0 Å². The molecule has 0 heterocycles. The molecule has 0 radical (unpaired) electrons. The Morgan fingerprint density at radius 3 is 1.56 bits per heavy atom. The molecule has 0 aromatic heterocycles. The molecular weight excluding hydrogens is 643 g/mol. The third kappa shape index (κ3) is 10.3. The van der Waals surface area contributed by atoms with E-state index in [2.05, 4.69) is 10.6 Å². The van der Waals surface area contributed by atoms with Crippen molar-refractivity contribution in [3.05, 3.63) is 122 Å². The topological polar surface area (TPSA) is 109 Å². The predicted molar refractivity (Wildman–Crippen MR) is 205 cm³/mol. The SMILES string of the molecule is CCCCNC(=O)/C=C\C(=O)c1c(C)cc(C)c(CP(C(=O)c2c(C)cc(C)c(C(=O)/C=C\C(=O)NCCCC)c2C)c2ccccc2)c1C. The van der Waals surface area contributed by atoms with Gasteiger partial charge in [0.2, 0.25) is 11.8 Å². The molecule has 3 aromatic rings. The van der Waals surface area contributed by atoms with Crippen LogP contribution in [-0.4, -0.2) is 42.0 Å². The molecule has 1 unspecified atom stereocenters. The summed E-state index contributed by atoms with van der Waals surface area (Å²) in [5.74, 6) is -1.22. The Bertz CT molecular complexity index is 1810. The number of allylic oxidation sites excluding steroid dienone is 2. The van der Waals surface area contributed by atoms with Crippen molar-refractivity contribution in [1.29, 1.82) is 0 Å². The van der Waals surface area contributed by atoms with Gasteiger partial charge in [0.25, 0.3) is 0 Å². The Morgan fingerprint density at radius 1 is 0.600 bits per heavy atom. The predicted octanol–water partition coefficient (Wildman–Crippen LogP) is 8.00. The van der Waals surface area contributed by atoms with Crippen LogP contribution in [0.5, 0.6) is 0 Å². The summed E-state index contributed by atoms with van der Waals surface area (Å²) in [6.45, 7) is 16.5. The molecule has 50 heavy (non-hydrogen) atoms. The van der Waals surface area contributed by atoms with Crippen molar-refractivity contribution in [2.24, 2.45) is 0 Å². The first-order chi connectivity index (χ1) is 23.8. The molecule has 0 spiro atoms. The van der Waals surface area contributed by atoms with Gasteiger partial charge in [-0.15, -0.1) is 0 Å². The Morgan fingerprint density at radius 2 is 1.06 bits per heavy atom. The van der Waals surface area contributed by atoms with Gasteiger partial charge in [0.05, 0.1) is 0 Å². The number of ketones is 2. The summed E-state index contributed by atoms with van der Waals surface area (Å²) in [7, 11) is -1.50. The van der Waals surface area contributed by atoms with Crippen molar-refractivity contribution in [2.75, 3.05) is 13.1 Å². The molecule has 0 saturated heterocycles. The largest absolute Gasteiger partial charge is 0.353 e. The fourth-order valence-corrected chi connectivity index (χ4v) is 8.80. The lowest BCUT2D eigenvalue weighted by atomic mass is 9.91. The van der Waals surface area contributed by atoms with Gasteiger partial charge in [-0.3, -0.25) is 24.0 Å². The fourth-order valence-electron chi connectivity index (χ4n) is 6.29. The van der Waals surface area contributed by atoms with Crippen LogP contribution >= 0.6 is 7.92 Å². The number of amides is 2. The summed E-state index contributed by atoms with van der Waals surface area (Å²) in [6.07, 6.45) is 9.16. The van der Waals surface area contributed by atoms with E-state index >= 15 is 0 Å². The van der Waals surface area contributed by atoms with Gasteiger partial charge in [-0.2, -0.15) is 0 Å². The molecule has 0 bridgehead atoms. The summed E-state index contributed by atoms with van der Waals surface area (Å²) in [5, 5.41) is 6.48. The first-order valence-electron chi connectivity index (χ1n) is 17.4. The molecule has 3 rings (SSSR count). The van der Waals surface area contributed by atoms with E-state index in [9.17, 15) is 24.0 Å². The number of hydrogen-bond donors (Lipinski definition) is 2. The highest BCUT2D eigenvalue weighted by atomic mass is 31.1. The van der Waals surface area contributed by atoms with Gasteiger partial charge in [0.15, 0.2) is 17.1 Å². The second-order valence-electron chi connectivity index (χ2n) is 12.8. The summed E-state index contributed by atoms with van der Waals surface area (Å²) in [4.78, 5) is 66.3. The highest BCUT2D eigenvalue weighted by Gasteiger charge is 2.29. The second-order valence-corrected chi connectivity index (χ2v) is 14.9. The summed E-state index contributed by atoms with van der Waals surface area (Å²) in [6, 6.07) is 13.5. The molecule has 7 nitrogen and oxygen atoms in total. The number of carbonyl (C=O) groups excluding carboxylic acids is 5. The van der Waals surface area contributed by atoms with Crippen LogP contribution in [0.25, 0.3) is 0 Å². The maximum atomic E-state index is 14.8. The Kier molecular flexibility index (Phi) is 15.2. The summed E-state index contributed by atoms with van der Waals surface area (Å²) in [5.41, 5.74) is 6.98. The lowest BCUT2D eigenvalue weighted by Gasteiger charge is -2.24. The fraction of sp³-hybridized carbons (Fsp3) is 0.357. The van der Waals surface area contributed by atoms with Gasteiger partial charge in [0.1, 0.15) is 0 Å². The molecule has 264 valence electrons. The van der Waals surface area contributed by atoms with Gasteiger partial charge in [-0.1, -0.05) is 69.2 Å². The van der Waals surface area contributed by atoms with Crippen LogP contribution in [0.3, 0.4) is 0 Å². The molecule has 2 amide bonds. The maximum Gasteiger partial charge on any atom is 0.244 e. The van der Waals surface area contributed by atoms with Crippen LogP contribution in [0, 0.1) is 41.5 Å². The van der Waals surface area contributed by atoms with E-state index in [4.69, 9.17) is 0 Å². The smallest absolute Gasteiger partial charge is 0.244 e. The third-order valence-corrected chi connectivity index (χ3v) is 11.1. The molecule has 0 saturated carbocycles. The van der Waals surface area contributed by atoms with Crippen LogP contribution in [0.4, 0.5) is 0 Å². The zero-order valence-electron chi connectivity index (χ0n) is 30.8. The summed E-state index contributed by atoms with van der Waals surface area (Å²) >= 11 is 0. The van der Waals surface area contributed by atoms with E-state index in [1.807, 2.05) is 90.9 Å². The molecule has 2 N–H and O–H groups in total. The van der Waals surface area contributed by atoms with Gasteiger partial charge >= 0.3 is 0 Å². The van der Waals surface area contributed by atoms with Crippen LogP contribution in [0.15, 0.2) is 66.8 Å². The Balaban J connectivity index is 2.06. The van der Waals surface area contributed by atoms with Gasteiger partial charge in [-0.05, 0) is 111 Å². The Labute approximate surface area is 298 Å². The summed E-state index contributed by atoms with van der Waals surface area (Å²) < 4.78 is 0. The quantitative estimate of drug-likeness (QED) is 0.0645. The van der Waals surface area contributed by atoms with Crippen molar-refractivity contribution >= 4 is 42.1 Å². The van der Waals surface area contributed by atoms with Crippen molar-refractivity contribution in [2.45, 2.75) is 87.2 Å².